The van der Waals surface area contributed by atoms with E-state index >= 15 is 0 Å². The van der Waals surface area contributed by atoms with Gasteiger partial charge >= 0.3 is 0 Å². The molecule has 128 valence electrons. The Hall–Kier alpha value is -2.82. The Balaban J connectivity index is 1.54. The molecule has 25 heavy (non-hydrogen) atoms. The number of aromatic nitrogens is 2. The fraction of sp³-hybridized carbons (Fsp3) is 0.300. The first kappa shape index (κ1) is 15.7. The maximum absolute atomic E-state index is 12.6. The molecular weight excluding hydrogens is 312 g/mol. The van der Waals surface area contributed by atoms with Crippen LogP contribution in [0.4, 0.5) is 11.4 Å². The van der Waals surface area contributed by atoms with Crippen molar-refractivity contribution in [2.75, 3.05) is 24.3 Å². The molecule has 1 heterocycles. The van der Waals surface area contributed by atoms with Crippen LogP contribution in [0.3, 0.4) is 0 Å². The number of nitrogens with one attached hydrogen (secondary N) is 1. The van der Waals surface area contributed by atoms with E-state index in [0.29, 0.717) is 12.5 Å². The van der Waals surface area contributed by atoms with E-state index in [9.17, 15) is 4.79 Å². The van der Waals surface area contributed by atoms with Crippen LogP contribution in [0.2, 0.25) is 0 Å². The van der Waals surface area contributed by atoms with Gasteiger partial charge < -0.3 is 14.8 Å². The zero-order chi connectivity index (χ0) is 17.4. The number of benzene rings is 2. The SMILES string of the molecule is CN(C)c1ccc(NC(=O)Cn2c(C3CC3)nc3ccccc32)cc1. The van der Waals surface area contributed by atoms with Crippen LogP contribution in [0.5, 0.6) is 0 Å². The van der Waals surface area contributed by atoms with Gasteiger partial charge in [0.2, 0.25) is 5.91 Å². The van der Waals surface area contributed by atoms with Gasteiger partial charge in [0.05, 0.1) is 11.0 Å². The predicted octanol–water partition coefficient (Wildman–Crippen LogP) is 3.62. The van der Waals surface area contributed by atoms with E-state index in [0.717, 1.165) is 41.1 Å². The predicted molar refractivity (Wildman–Crippen MR) is 101 cm³/mol. The molecule has 0 radical (unpaired) electrons. The first-order valence-corrected chi connectivity index (χ1v) is 8.64. The smallest absolute Gasteiger partial charge is 0.244 e. The molecule has 1 saturated carbocycles. The highest BCUT2D eigenvalue weighted by Crippen LogP contribution is 2.40. The van der Waals surface area contributed by atoms with E-state index in [1.165, 1.54) is 0 Å². The van der Waals surface area contributed by atoms with E-state index in [2.05, 4.69) is 9.88 Å². The van der Waals surface area contributed by atoms with Crippen molar-refractivity contribution in [3.8, 4) is 0 Å². The number of anilines is 2. The molecule has 2 aromatic carbocycles. The number of fused-ring (bicyclic) bond motifs is 1. The van der Waals surface area contributed by atoms with E-state index in [1.807, 2.05) is 67.5 Å². The molecule has 0 bridgehead atoms. The number of hydrogen-bond donors (Lipinski definition) is 1. The molecule has 0 unspecified atom stereocenters. The Morgan fingerprint density at radius 3 is 2.56 bits per heavy atom. The lowest BCUT2D eigenvalue weighted by atomic mass is 10.2. The molecule has 0 spiro atoms. The lowest BCUT2D eigenvalue weighted by Crippen LogP contribution is -2.20. The Morgan fingerprint density at radius 1 is 1.16 bits per heavy atom. The van der Waals surface area contributed by atoms with Gasteiger partial charge in [0.25, 0.3) is 0 Å². The lowest BCUT2D eigenvalue weighted by molar-refractivity contribution is -0.116. The maximum Gasteiger partial charge on any atom is 0.244 e. The van der Waals surface area contributed by atoms with Gasteiger partial charge in [0.15, 0.2) is 0 Å². The number of para-hydroxylation sites is 2. The molecule has 0 atom stereocenters. The Morgan fingerprint density at radius 2 is 1.88 bits per heavy atom. The molecule has 1 aromatic heterocycles. The summed E-state index contributed by atoms with van der Waals surface area (Å²) in [5.74, 6) is 1.52. The third-order valence-electron chi connectivity index (χ3n) is 4.60. The summed E-state index contributed by atoms with van der Waals surface area (Å²) in [5.41, 5.74) is 3.91. The third kappa shape index (κ3) is 3.22. The van der Waals surface area contributed by atoms with Crippen LogP contribution >= 0.6 is 0 Å². The van der Waals surface area contributed by atoms with Crippen LogP contribution in [0, 0.1) is 0 Å². The highest BCUT2D eigenvalue weighted by molar-refractivity contribution is 5.92. The Bertz CT molecular complexity index is 907. The topological polar surface area (TPSA) is 50.2 Å². The van der Waals surface area contributed by atoms with Crippen molar-refractivity contribution in [1.29, 1.82) is 0 Å². The summed E-state index contributed by atoms with van der Waals surface area (Å²) in [4.78, 5) is 19.3. The van der Waals surface area contributed by atoms with Crippen LogP contribution in [0.15, 0.2) is 48.5 Å². The van der Waals surface area contributed by atoms with Crippen molar-refractivity contribution >= 4 is 28.3 Å². The van der Waals surface area contributed by atoms with Crippen molar-refractivity contribution in [3.63, 3.8) is 0 Å². The van der Waals surface area contributed by atoms with Crippen molar-refractivity contribution in [2.45, 2.75) is 25.3 Å². The molecule has 1 fully saturated rings. The van der Waals surface area contributed by atoms with Gasteiger partial charge in [-0.15, -0.1) is 0 Å². The van der Waals surface area contributed by atoms with Crippen LogP contribution < -0.4 is 10.2 Å². The van der Waals surface area contributed by atoms with Crippen LogP contribution in [0.1, 0.15) is 24.6 Å². The number of rotatable bonds is 5. The summed E-state index contributed by atoms with van der Waals surface area (Å²) in [6.07, 6.45) is 2.33. The van der Waals surface area contributed by atoms with Gasteiger partial charge in [0.1, 0.15) is 12.4 Å². The zero-order valence-corrected chi connectivity index (χ0v) is 14.6. The second kappa shape index (κ2) is 6.24. The summed E-state index contributed by atoms with van der Waals surface area (Å²) < 4.78 is 2.07. The molecule has 0 saturated heterocycles. The molecule has 1 aliphatic rings. The van der Waals surface area contributed by atoms with Gasteiger partial charge in [-0.25, -0.2) is 4.98 Å². The summed E-state index contributed by atoms with van der Waals surface area (Å²) >= 11 is 0. The Kier molecular flexibility index (Phi) is 3.92. The van der Waals surface area contributed by atoms with Gasteiger partial charge in [-0.1, -0.05) is 12.1 Å². The quantitative estimate of drug-likeness (QED) is 0.775. The van der Waals surface area contributed by atoms with Crippen LogP contribution in [-0.4, -0.2) is 29.6 Å². The second-order valence-corrected chi connectivity index (χ2v) is 6.81. The van der Waals surface area contributed by atoms with Gasteiger partial charge in [-0.2, -0.15) is 0 Å². The largest absolute Gasteiger partial charge is 0.378 e. The van der Waals surface area contributed by atoms with Crippen molar-refractivity contribution in [3.05, 3.63) is 54.4 Å². The van der Waals surface area contributed by atoms with Gasteiger partial charge in [-0.3, -0.25) is 4.79 Å². The van der Waals surface area contributed by atoms with Crippen molar-refractivity contribution < 1.29 is 4.79 Å². The molecule has 4 rings (SSSR count). The number of imidazole rings is 1. The minimum absolute atomic E-state index is 0.0253. The maximum atomic E-state index is 12.6. The molecule has 3 aromatic rings. The van der Waals surface area contributed by atoms with E-state index in [-0.39, 0.29) is 5.91 Å². The van der Waals surface area contributed by atoms with E-state index < -0.39 is 0 Å². The highest BCUT2D eigenvalue weighted by atomic mass is 16.1. The summed E-state index contributed by atoms with van der Waals surface area (Å²) in [6, 6.07) is 15.9. The first-order valence-electron chi connectivity index (χ1n) is 8.64. The standard InChI is InChI=1S/C20H22N4O/c1-23(2)16-11-9-15(10-12-16)21-19(25)13-24-18-6-4-3-5-17(18)22-20(24)14-7-8-14/h3-6,9-12,14H,7-8,13H2,1-2H3,(H,21,25). The first-order chi connectivity index (χ1) is 12.1. The normalized spacial score (nSPS) is 13.8. The van der Waals surface area contributed by atoms with Gasteiger partial charge in [0, 0.05) is 31.4 Å². The average Bonchev–Trinajstić information content (AvgIpc) is 3.39. The van der Waals surface area contributed by atoms with Crippen LogP contribution in [0.25, 0.3) is 11.0 Å². The van der Waals surface area contributed by atoms with Crippen LogP contribution in [-0.2, 0) is 11.3 Å². The summed E-state index contributed by atoms with van der Waals surface area (Å²) in [7, 11) is 3.99. The number of carbonyl (C=O) groups excluding carboxylic acids is 1. The molecular formula is C20H22N4O. The third-order valence-corrected chi connectivity index (χ3v) is 4.60. The summed E-state index contributed by atoms with van der Waals surface area (Å²) in [5, 5.41) is 2.99. The number of amides is 1. The van der Waals surface area contributed by atoms with E-state index in [4.69, 9.17) is 4.98 Å². The van der Waals surface area contributed by atoms with E-state index in [1.54, 1.807) is 0 Å². The average molecular weight is 334 g/mol. The summed E-state index contributed by atoms with van der Waals surface area (Å²) in [6.45, 7) is 0.293. The van der Waals surface area contributed by atoms with Gasteiger partial charge in [-0.05, 0) is 49.2 Å². The highest BCUT2D eigenvalue weighted by Gasteiger charge is 2.30. The zero-order valence-electron chi connectivity index (χ0n) is 14.6. The minimum atomic E-state index is -0.0253. The van der Waals surface area contributed by atoms with Crippen molar-refractivity contribution in [1.82, 2.24) is 9.55 Å². The fourth-order valence-electron chi connectivity index (χ4n) is 3.10. The monoisotopic (exact) mass is 334 g/mol. The second-order valence-electron chi connectivity index (χ2n) is 6.81. The molecule has 1 aliphatic carbocycles. The molecule has 5 heteroatoms. The molecule has 0 aliphatic heterocycles. The number of nitrogens with zero attached hydrogens (tertiary/aromatic N) is 3. The lowest BCUT2D eigenvalue weighted by Gasteiger charge is -2.13. The molecule has 5 nitrogen and oxygen atoms in total. The number of carbonyl (C=O) groups is 1. The molecule has 1 amide bonds. The van der Waals surface area contributed by atoms with Crippen molar-refractivity contribution in [2.24, 2.45) is 0 Å². The Labute approximate surface area is 147 Å². The fourth-order valence-corrected chi connectivity index (χ4v) is 3.10. The molecule has 1 N–H and O–H groups in total. The number of hydrogen-bond acceptors (Lipinski definition) is 3. The minimum Gasteiger partial charge on any atom is -0.378 e.